The maximum absolute atomic E-state index is 13.3. The van der Waals surface area contributed by atoms with E-state index in [-0.39, 0.29) is 23.9 Å². The molecular formula is C12H16ClFN2O3. The maximum Gasteiger partial charge on any atom is 0.313 e. The Labute approximate surface area is 116 Å². The van der Waals surface area contributed by atoms with Crippen molar-refractivity contribution >= 4 is 18.1 Å². The normalized spacial score (nSPS) is 16.9. The molecule has 0 aliphatic heterocycles. The van der Waals surface area contributed by atoms with Crippen molar-refractivity contribution in [2.45, 2.75) is 31.7 Å². The van der Waals surface area contributed by atoms with Crippen molar-refractivity contribution < 1.29 is 14.4 Å². The highest BCUT2D eigenvalue weighted by Crippen LogP contribution is 2.40. The fourth-order valence-corrected chi connectivity index (χ4v) is 2.57. The number of benzene rings is 1. The standard InChI is InChI=1S/C12H15FN2O3.ClH/c13-8-5-9(11(14)7-3-1-2-4-7)12(16)10(6-8)15(17)18;/h5-7,11,16H,1-4,14H2;1H/t11-;/m0./s1. The molecule has 3 N–H and O–H groups in total. The van der Waals surface area contributed by atoms with Crippen LogP contribution in [0.4, 0.5) is 10.1 Å². The Kier molecular flexibility index (Phi) is 5.08. The second-order valence-corrected chi connectivity index (χ2v) is 4.69. The van der Waals surface area contributed by atoms with E-state index in [1.54, 1.807) is 0 Å². The molecule has 0 unspecified atom stereocenters. The summed E-state index contributed by atoms with van der Waals surface area (Å²) < 4.78 is 13.3. The monoisotopic (exact) mass is 290 g/mol. The van der Waals surface area contributed by atoms with Gasteiger partial charge in [0.2, 0.25) is 0 Å². The number of nitro benzene ring substituents is 1. The minimum atomic E-state index is -0.802. The predicted octanol–water partition coefficient (Wildman–Crippen LogP) is 3.05. The molecule has 7 heteroatoms. The highest BCUT2D eigenvalue weighted by molar-refractivity contribution is 5.85. The Morgan fingerprint density at radius 3 is 2.53 bits per heavy atom. The fourth-order valence-electron chi connectivity index (χ4n) is 2.57. The first-order chi connectivity index (χ1) is 8.50. The topological polar surface area (TPSA) is 89.4 Å². The van der Waals surface area contributed by atoms with Gasteiger partial charge in [0.05, 0.1) is 11.0 Å². The van der Waals surface area contributed by atoms with Gasteiger partial charge >= 0.3 is 5.69 Å². The molecule has 1 aliphatic rings. The number of hydrogen-bond acceptors (Lipinski definition) is 4. The van der Waals surface area contributed by atoms with E-state index in [9.17, 15) is 19.6 Å². The van der Waals surface area contributed by atoms with Crippen molar-refractivity contribution in [1.82, 2.24) is 0 Å². The number of aromatic hydroxyl groups is 1. The Balaban J connectivity index is 0.00000180. The van der Waals surface area contributed by atoms with E-state index in [1.807, 2.05) is 0 Å². The maximum atomic E-state index is 13.3. The van der Waals surface area contributed by atoms with Crippen LogP contribution in [-0.4, -0.2) is 10.0 Å². The zero-order valence-electron chi connectivity index (χ0n) is 10.2. The van der Waals surface area contributed by atoms with Crippen LogP contribution in [0.25, 0.3) is 0 Å². The second kappa shape index (κ2) is 6.16. The van der Waals surface area contributed by atoms with Gasteiger partial charge in [-0.05, 0) is 24.8 Å². The highest BCUT2D eigenvalue weighted by atomic mass is 35.5. The predicted molar refractivity (Wildman–Crippen MR) is 70.9 cm³/mol. The molecule has 0 spiro atoms. The van der Waals surface area contributed by atoms with E-state index >= 15 is 0 Å². The molecule has 5 nitrogen and oxygen atoms in total. The van der Waals surface area contributed by atoms with Crippen LogP contribution in [0.5, 0.6) is 5.75 Å². The number of nitrogens with zero attached hydrogens (tertiary/aromatic N) is 1. The molecule has 0 bridgehead atoms. The summed E-state index contributed by atoms with van der Waals surface area (Å²) in [7, 11) is 0. The quantitative estimate of drug-likeness (QED) is 0.661. The summed E-state index contributed by atoms with van der Waals surface area (Å²) in [4.78, 5) is 9.91. The number of nitro groups is 1. The molecule has 0 saturated heterocycles. The van der Waals surface area contributed by atoms with Crippen LogP contribution < -0.4 is 5.73 Å². The molecule has 1 aliphatic carbocycles. The van der Waals surface area contributed by atoms with E-state index in [0.717, 1.165) is 31.7 Å². The first kappa shape index (κ1) is 15.7. The number of halogens is 2. The zero-order chi connectivity index (χ0) is 13.3. The molecule has 1 aromatic rings. The summed E-state index contributed by atoms with van der Waals surface area (Å²) in [6.45, 7) is 0. The van der Waals surface area contributed by atoms with Gasteiger partial charge in [-0.2, -0.15) is 0 Å². The van der Waals surface area contributed by atoms with E-state index in [2.05, 4.69) is 0 Å². The Morgan fingerprint density at radius 1 is 1.42 bits per heavy atom. The average Bonchev–Trinajstić information content (AvgIpc) is 2.84. The summed E-state index contributed by atoms with van der Waals surface area (Å²) in [6, 6.07) is 1.24. The molecule has 1 aromatic carbocycles. The number of rotatable bonds is 3. The van der Waals surface area contributed by atoms with E-state index in [4.69, 9.17) is 5.73 Å². The summed E-state index contributed by atoms with van der Waals surface area (Å²) in [5, 5.41) is 20.5. The SMILES string of the molecule is Cl.N[C@H](c1cc(F)cc([N+](=O)[O-])c1O)C1CCCC1. The highest BCUT2D eigenvalue weighted by Gasteiger charge is 2.29. The Morgan fingerprint density at radius 2 is 2.00 bits per heavy atom. The average molecular weight is 291 g/mol. The van der Waals surface area contributed by atoms with Gasteiger partial charge < -0.3 is 10.8 Å². The molecule has 1 atom stereocenters. The fraction of sp³-hybridized carbons (Fsp3) is 0.500. The Bertz CT molecular complexity index is 478. The summed E-state index contributed by atoms with van der Waals surface area (Å²) in [5.74, 6) is -1.11. The van der Waals surface area contributed by atoms with Crippen molar-refractivity contribution in [3.8, 4) is 5.75 Å². The van der Waals surface area contributed by atoms with Crippen molar-refractivity contribution in [2.75, 3.05) is 0 Å². The second-order valence-electron chi connectivity index (χ2n) is 4.69. The van der Waals surface area contributed by atoms with Crippen LogP contribution in [0.2, 0.25) is 0 Å². The molecule has 19 heavy (non-hydrogen) atoms. The lowest BCUT2D eigenvalue weighted by Crippen LogP contribution is -2.19. The van der Waals surface area contributed by atoms with E-state index in [0.29, 0.717) is 6.07 Å². The Hall–Kier alpha value is -1.40. The minimum absolute atomic E-state index is 0. The first-order valence-electron chi connectivity index (χ1n) is 5.93. The van der Waals surface area contributed by atoms with Crippen LogP contribution in [-0.2, 0) is 0 Å². The van der Waals surface area contributed by atoms with Gasteiger partial charge in [0.15, 0.2) is 5.75 Å². The molecule has 106 valence electrons. The number of phenolic OH excluding ortho intramolecular Hbond substituents is 1. The number of nitrogens with two attached hydrogens (primary N) is 1. The molecule has 0 radical (unpaired) electrons. The van der Waals surface area contributed by atoms with Gasteiger partial charge in [-0.15, -0.1) is 12.4 Å². The van der Waals surface area contributed by atoms with Gasteiger partial charge in [-0.3, -0.25) is 10.1 Å². The van der Waals surface area contributed by atoms with Crippen LogP contribution in [0, 0.1) is 21.8 Å². The van der Waals surface area contributed by atoms with Crippen LogP contribution >= 0.6 is 12.4 Å². The number of phenols is 1. The third kappa shape index (κ3) is 3.13. The lowest BCUT2D eigenvalue weighted by molar-refractivity contribution is -0.386. The van der Waals surface area contributed by atoms with Crippen molar-refractivity contribution in [1.29, 1.82) is 0 Å². The summed E-state index contributed by atoms with van der Waals surface area (Å²) in [5.41, 5.74) is 5.50. The van der Waals surface area contributed by atoms with E-state index < -0.39 is 28.2 Å². The summed E-state index contributed by atoms with van der Waals surface area (Å²) >= 11 is 0. The summed E-state index contributed by atoms with van der Waals surface area (Å²) in [6.07, 6.45) is 3.92. The lowest BCUT2D eigenvalue weighted by atomic mass is 9.91. The van der Waals surface area contributed by atoms with Crippen LogP contribution in [0.15, 0.2) is 12.1 Å². The molecule has 0 aromatic heterocycles. The van der Waals surface area contributed by atoms with Gasteiger partial charge in [-0.25, -0.2) is 4.39 Å². The first-order valence-corrected chi connectivity index (χ1v) is 5.93. The van der Waals surface area contributed by atoms with Crippen molar-refractivity contribution in [3.63, 3.8) is 0 Å². The van der Waals surface area contributed by atoms with Crippen molar-refractivity contribution in [3.05, 3.63) is 33.6 Å². The largest absolute Gasteiger partial charge is 0.502 e. The van der Waals surface area contributed by atoms with E-state index in [1.165, 1.54) is 0 Å². The third-order valence-corrected chi connectivity index (χ3v) is 3.55. The van der Waals surface area contributed by atoms with Crippen molar-refractivity contribution in [2.24, 2.45) is 11.7 Å². The molecule has 1 fully saturated rings. The molecule has 0 heterocycles. The minimum Gasteiger partial charge on any atom is -0.502 e. The number of hydrogen-bond donors (Lipinski definition) is 2. The molecule has 2 rings (SSSR count). The zero-order valence-corrected chi connectivity index (χ0v) is 11.0. The van der Waals surface area contributed by atoms with Gasteiger partial charge in [0.25, 0.3) is 0 Å². The third-order valence-electron chi connectivity index (χ3n) is 3.55. The molecule has 1 saturated carbocycles. The smallest absolute Gasteiger partial charge is 0.313 e. The van der Waals surface area contributed by atoms with Crippen LogP contribution in [0.1, 0.15) is 37.3 Å². The molecular weight excluding hydrogens is 275 g/mol. The van der Waals surface area contributed by atoms with Crippen LogP contribution in [0.3, 0.4) is 0 Å². The van der Waals surface area contributed by atoms with Gasteiger partial charge in [0, 0.05) is 11.6 Å². The van der Waals surface area contributed by atoms with Gasteiger partial charge in [0.1, 0.15) is 5.82 Å². The van der Waals surface area contributed by atoms with Gasteiger partial charge in [-0.1, -0.05) is 12.8 Å². The molecule has 0 amide bonds. The lowest BCUT2D eigenvalue weighted by Gasteiger charge is -2.20.